The minimum absolute atomic E-state index is 0.214. The zero-order valence-corrected chi connectivity index (χ0v) is 13.5. The summed E-state index contributed by atoms with van der Waals surface area (Å²) in [7, 11) is 0. The topological polar surface area (TPSA) is 50.2 Å². The highest BCUT2D eigenvalue weighted by atomic mass is 16.2. The Hall–Kier alpha value is -1.88. The number of pyridine rings is 1. The monoisotopic (exact) mass is 312 g/mol. The highest BCUT2D eigenvalue weighted by Crippen LogP contribution is 2.30. The molecule has 4 heterocycles. The van der Waals surface area contributed by atoms with Crippen molar-refractivity contribution >= 4 is 5.91 Å². The minimum Gasteiger partial charge on any atom is -0.341 e. The second-order valence-electron chi connectivity index (χ2n) is 6.71. The van der Waals surface area contributed by atoms with E-state index in [1.807, 2.05) is 21.7 Å². The summed E-state index contributed by atoms with van der Waals surface area (Å²) in [6, 6.07) is 6.33. The fraction of sp³-hybridized carbons (Fsp3) is 0.556. The number of rotatable bonds is 3. The van der Waals surface area contributed by atoms with Crippen LogP contribution in [0, 0.1) is 0 Å². The van der Waals surface area contributed by atoms with Crippen molar-refractivity contribution in [2.75, 3.05) is 26.2 Å². The molecular formula is C18H24N4O. The first-order valence-electron chi connectivity index (χ1n) is 8.75. The molecule has 0 radical (unpaired) electrons. The Kier molecular flexibility index (Phi) is 4.04. The van der Waals surface area contributed by atoms with Crippen LogP contribution in [0.5, 0.6) is 0 Å². The summed E-state index contributed by atoms with van der Waals surface area (Å²) in [5.74, 6) is 1.71. The fourth-order valence-corrected chi connectivity index (χ4v) is 3.78. The van der Waals surface area contributed by atoms with E-state index in [0.29, 0.717) is 12.5 Å². The van der Waals surface area contributed by atoms with Crippen molar-refractivity contribution in [3.8, 4) is 11.4 Å². The average molecular weight is 312 g/mol. The largest absolute Gasteiger partial charge is 0.341 e. The maximum absolute atomic E-state index is 12.4. The third-order valence-corrected chi connectivity index (χ3v) is 5.13. The van der Waals surface area contributed by atoms with Crippen LogP contribution < -0.4 is 5.32 Å². The number of hydrogen-bond acceptors (Lipinski definition) is 3. The average Bonchev–Trinajstić information content (AvgIpc) is 3.26. The number of piperidine rings is 1. The van der Waals surface area contributed by atoms with E-state index in [-0.39, 0.29) is 5.91 Å². The van der Waals surface area contributed by atoms with E-state index in [0.717, 1.165) is 63.3 Å². The van der Waals surface area contributed by atoms with E-state index in [2.05, 4.69) is 17.4 Å². The molecule has 0 aromatic heterocycles. The van der Waals surface area contributed by atoms with Crippen LogP contribution in [0.3, 0.4) is 0 Å². The molecule has 2 saturated heterocycles. The fourth-order valence-electron chi connectivity index (χ4n) is 3.78. The molecule has 23 heavy (non-hydrogen) atoms. The van der Waals surface area contributed by atoms with Crippen LogP contribution in [0.2, 0.25) is 0 Å². The molecule has 0 bridgehead atoms. The summed E-state index contributed by atoms with van der Waals surface area (Å²) in [5.41, 5.74) is 2.34. The maximum atomic E-state index is 12.4. The lowest BCUT2D eigenvalue weighted by molar-refractivity contribution is -0.130. The molecule has 0 saturated carbocycles. The molecule has 122 valence electrons. The molecule has 1 N–H and O–H groups in total. The second-order valence-corrected chi connectivity index (χ2v) is 6.71. The SMILES string of the molecule is O=C(Cn1cccc2cc(C3CCNCC3)nc1-2)N1CCCC1. The zero-order chi connectivity index (χ0) is 15.6. The third-order valence-electron chi connectivity index (χ3n) is 5.13. The van der Waals surface area contributed by atoms with Crippen molar-refractivity contribution in [1.29, 1.82) is 0 Å². The molecular weight excluding hydrogens is 288 g/mol. The molecule has 0 aliphatic carbocycles. The number of likely N-dealkylation sites (tertiary alicyclic amines) is 1. The van der Waals surface area contributed by atoms with Crippen LogP contribution >= 0.6 is 0 Å². The molecule has 0 aromatic carbocycles. The van der Waals surface area contributed by atoms with Gasteiger partial charge in [0.15, 0.2) is 0 Å². The molecule has 0 atom stereocenters. The third kappa shape index (κ3) is 2.98. The summed E-state index contributed by atoms with van der Waals surface area (Å²) in [6.45, 7) is 4.36. The van der Waals surface area contributed by atoms with Gasteiger partial charge in [-0.1, -0.05) is 0 Å². The quantitative estimate of drug-likeness (QED) is 0.944. The van der Waals surface area contributed by atoms with Gasteiger partial charge < -0.3 is 14.8 Å². The van der Waals surface area contributed by atoms with E-state index in [9.17, 15) is 4.79 Å². The molecule has 2 fully saturated rings. The van der Waals surface area contributed by atoms with Crippen molar-refractivity contribution in [2.24, 2.45) is 0 Å². The Morgan fingerprint density at radius 2 is 2.04 bits per heavy atom. The van der Waals surface area contributed by atoms with Crippen molar-refractivity contribution in [1.82, 2.24) is 19.8 Å². The zero-order valence-electron chi connectivity index (χ0n) is 13.5. The van der Waals surface area contributed by atoms with Crippen LogP contribution in [0.1, 0.15) is 37.3 Å². The highest BCUT2D eigenvalue weighted by Gasteiger charge is 2.23. The Morgan fingerprint density at radius 1 is 1.26 bits per heavy atom. The lowest BCUT2D eigenvalue weighted by Crippen LogP contribution is -2.31. The van der Waals surface area contributed by atoms with Crippen molar-refractivity contribution in [3.63, 3.8) is 0 Å². The van der Waals surface area contributed by atoms with Gasteiger partial charge in [0.25, 0.3) is 0 Å². The van der Waals surface area contributed by atoms with Crippen molar-refractivity contribution in [2.45, 2.75) is 38.1 Å². The first kappa shape index (κ1) is 14.7. The Labute approximate surface area is 137 Å². The van der Waals surface area contributed by atoms with Gasteiger partial charge in [-0.3, -0.25) is 4.79 Å². The highest BCUT2D eigenvalue weighted by molar-refractivity contribution is 5.77. The van der Waals surface area contributed by atoms with E-state index in [1.54, 1.807) is 0 Å². The Balaban J connectivity index is 1.57. The molecule has 4 aliphatic heterocycles. The smallest absolute Gasteiger partial charge is 0.242 e. The number of carbonyl (C=O) groups is 1. The van der Waals surface area contributed by atoms with Gasteiger partial charge in [-0.05, 0) is 57.0 Å². The lowest BCUT2D eigenvalue weighted by Gasteiger charge is -2.20. The summed E-state index contributed by atoms with van der Waals surface area (Å²) < 4.78 is 2.01. The van der Waals surface area contributed by atoms with Crippen molar-refractivity contribution in [3.05, 3.63) is 30.1 Å². The number of amides is 1. The summed E-state index contributed by atoms with van der Waals surface area (Å²) in [6.07, 6.45) is 6.55. The summed E-state index contributed by atoms with van der Waals surface area (Å²) in [4.78, 5) is 19.3. The summed E-state index contributed by atoms with van der Waals surface area (Å²) >= 11 is 0. The predicted octanol–water partition coefficient (Wildman–Crippen LogP) is 2.08. The molecule has 1 amide bonds. The number of fused-ring (bicyclic) bond motifs is 1. The van der Waals surface area contributed by atoms with Crippen LogP contribution in [0.25, 0.3) is 11.4 Å². The predicted molar refractivity (Wildman–Crippen MR) is 89.5 cm³/mol. The van der Waals surface area contributed by atoms with Gasteiger partial charge in [0.05, 0.1) is 0 Å². The van der Waals surface area contributed by atoms with Crippen LogP contribution in [-0.2, 0) is 11.3 Å². The van der Waals surface area contributed by atoms with Crippen LogP contribution in [0.15, 0.2) is 24.4 Å². The number of nitrogens with zero attached hydrogens (tertiary/aromatic N) is 3. The Bertz CT molecular complexity index is 653. The molecule has 0 aromatic rings. The van der Waals surface area contributed by atoms with E-state index < -0.39 is 0 Å². The molecule has 4 rings (SSSR count). The van der Waals surface area contributed by atoms with Crippen molar-refractivity contribution < 1.29 is 4.79 Å². The summed E-state index contributed by atoms with van der Waals surface area (Å²) in [5, 5.41) is 3.40. The molecule has 5 nitrogen and oxygen atoms in total. The molecule has 4 aliphatic rings. The number of hydrogen-bond donors (Lipinski definition) is 1. The first-order valence-corrected chi connectivity index (χ1v) is 8.75. The normalized spacial score (nSPS) is 19.6. The number of nitrogens with one attached hydrogen (secondary N) is 1. The number of carbonyl (C=O) groups excluding carboxylic acids is 1. The van der Waals surface area contributed by atoms with E-state index >= 15 is 0 Å². The first-order chi connectivity index (χ1) is 11.3. The van der Waals surface area contributed by atoms with Crippen LogP contribution in [-0.4, -0.2) is 46.5 Å². The molecule has 0 spiro atoms. The van der Waals surface area contributed by atoms with Gasteiger partial charge in [0.2, 0.25) is 5.91 Å². The number of aromatic nitrogens is 2. The standard InChI is InChI=1S/C18H24N4O/c23-17(21-9-1-2-10-21)13-22-11-3-4-15-12-16(20-18(15)22)14-5-7-19-8-6-14/h3-4,11-12,14,19H,1-2,5-10,13H2. The van der Waals surface area contributed by atoms with Crippen LogP contribution in [0.4, 0.5) is 0 Å². The lowest BCUT2D eigenvalue weighted by atomic mass is 9.95. The molecule has 0 unspecified atom stereocenters. The van der Waals surface area contributed by atoms with E-state index in [4.69, 9.17) is 4.98 Å². The van der Waals surface area contributed by atoms with E-state index in [1.165, 1.54) is 5.69 Å². The molecule has 5 heteroatoms. The van der Waals surface area contributed by atoms with Gasteiger partial charge >= 0.3 is 0 Å². The van der Waals surface area contributed by atoms with Gasteiger partial charge in [-0.2, -0.15) is 0 Å². The minimum atomic E-state index is 0.214. The van der Waals surface area contributed by atoms with Gasteiger partial charge in [0.1, 0.15) is 12.4 Å². The maximum Gasteiger partial charge on any atom is 0.242 e. The second kappa shape index (κ2) is 6.32. The Morgan fingerprint density at radius 3 is 2.83 bits per heavy atom. The van der Waals surface area contributed by atoms with Gasteiger partial charge in [-0.15, -0.1) is 0 Å². The van der Waals surface area contributed by atoms with Gasteiger partial charge in [0, 0.05) is 36.5 Å². The van der Waals surface area contributed by atoms with Gasteiger partial charge in [-0.25, -0.2) is 4.98 Å².